The number of ether oxygens (including phenoxy) is 1. The van der Waals surface area contributed by atoms with Gasteiger partial charge in [-0.25, -0.2) is 4.98 Å². The summed E-state index contributed by atoms with van der Waals surface area (Å²) in [6.45, 7) is 7.46. The number of hydrogen-bond acceptors (Lipinski definition) is 5. The van der Waals surface area contributed by atoms with Gasteiger partial charge >= 0.3 is 5.97 Å². The number of hydrogen-bond donors (Lipinski definition) is 1. The molecule has 0 amide bonds. The normalized spacial score (nSPS) is 11.3. The van der Waals surface area contributed by atoms with Crippen LogP contribution in [0.1, 0.15) is 26.3 Å². The van der Waals surface area contributed by atoms with E-state index < -0.39 is 5.60 Å². The van der Waals surface area contributed by atoms with E-state index in [0.717, 1.165) is 10.6 Å². The fourth-order valence-electron chi connectivity index (χ4n) is 1.12. The average Bonchev–Trinajstić information content (AvgIpc) is 2.17. The molecule has 0 aliphatic carbocycles. The van der Waals surface area contributed by atoms with Gasteiger partial charge in [0.1, 0.15) is 5.60 Å². The number of carbonyl (C=O) groups excluding carboxylic acids is 1. The highest BCUT2D eigenvalue weighted by Gasteiger charge is 2.16. The molecule has 1 heterocycles. The lowest BCUT2D eigenvalue weighted by Gasteiger charge is -2.19. The molecule has 0 radical (unpaired) electrons. The number of anilines is 1. The Labute approximate surface area is 106 Å². The number of nitrogens with zero attached hydrogens (tertiary/aromatic N) is 1. The predicted octanol–water partition coefficient (Wildman–Crippen LogP) is 2.41. The molecule has 1 aromatic heterocycles. The van der Waals surface area contributed by atoms with Crippen LogP contribution < -0.4 is 5.73 Å². The van der Waals surface area contributed by atoms with Gasteiger partial charge in [-0.15, -0.1) is 0 Å². The van der Waals surface area contributed by atoms with Crippen LogP contribution in [-0.4, -0.2) is 22.3 Å². The summed E-state index contributed by atoms with van der Waals surface area (Å²) in [4.78, 5) is 15.6. The van der Waals surface area contributed by atoms with Gasteiger partial charge in [-0.2, -0.15) is 0 Å². The minimum atomic E-state index is -0.442. The molecule has 0 saturated carbocycles. The van der Waals surface area contributed by atoms with Crippen LogP contribution in [0.2, 0.25) is 0 Å². The summed E-state index contributed by atoms with van der Waals surface area (Å²) in [5, 5.41) is 0.780. The third-order valence-corrected chi connectivity index (χ3v) is 2.78. The first-order valence-electron chi connectivity index (χ1n) is 5.35. The number of carbonyl (C=O) groups is 1. The summed E-state index contributed by atoms with van der Waals surface area (Å²) >= 11 is 1.35. The van der Waals surface area contributed by atoms with Gasteiger partial charge in [0.15, 0.2) is 0 Å². The Morgan fingerprint density at radius 1 is 1.53 bits per heavy atom. The van der Waals surface area contributed by atoms with Gasteiger partial charge in [-0.05, 0) is 39.3 Å². The maximum atomic E-state index is 11.5. The number of nitrogen functional groups attached to an aromatic ring is 1. The molecule has 2 N–H and O–H groups in total. The van der Waals surface area contributed by atoms with E-state index >= 15 is 0 Å². The van der Waals surface area contributed by atoms with Gasteiger partial charge in [0.05, 0.1) is 22.7 Å². The van der Waals surface area contributed by atoms with Crippen molar-refractivity contribution in [1.82, 2.24) is 4.98 Å². The van der Waals surface area contributed by atoms with E-state index in [9.17, 15) is 4.79 Å². The van der Waals surface area contributed by atoms with E-state index in [0.29, 0.717) is 5.69 Å². The lowest BCUT2D eigenvalue weighted by Crippen LogP contribution is -2.24. The lowest BCUT2D eigenvalue weighted by atomic mass is 10.2. The minimum Gasteiger partial charge on any atom is -0.459 e. The Balaban J connectivity index is 2.50. The van der Waals surface area contributed by atoms with Crippen LogP contribution in [0.15, 0.2) is 17.3 Å². The van der Waals surface area contributed by atoms with Crippen molar-refractivity contribution in [3.05, 3.63) is 17.8 Å². The molecule has 5 heteroatoms. The Hall–Kier alpha value is -1.23. The average molecular weight is 254 g/mol. The van der Waals surface area contributed by atoms with E-state index in [-0.39, 0.29) is 11.7 Å². The SMILES string of the molecule is Cc1cc(SCC(=O)OC(C)(C)C)ncc1N. The molecule has 0 fully saturated rings. The Bertz CT molecular complexity index is 413. The number of thioether (sulfide) groups is 1. The van der Waals surface area contributed by atoms with Gasteiger partial charge in [0.25, 0.3) is 0 Å². The first-order chi connectivity index (χ1) is 7.78. The molecule has 0 atom stereocenters. The molecule has 0 aliphatic heterocycles. The highest BCUT2D eigenvalue weighted by atomic mass is 32.2. The summed E-state index contributed by atoms with van der Waals surface area (Å²) in [6.07, 6.45) is 1.60. The van der Waals surface area contributed by atoms with Crippen molar-refractivity contribution in [3.63, 3.8) is 0 Å². The fraction of sp³-hybridized carbons (Fsp3) is 0.500. The molecule has 94 valence electrons. The molecule has 0 unspecified atom stereocenters. The molecule has 0 aromatic carbocycles. The Kier molecular flexibility index (Phi) is 4.40. The molecule has 0 bridgehead atoms. The van der Waals surface area contributed by atoms with Gasteiger partial charge in [-0.3, -0.25) is 4.79 Å². The molecule has 17 heavy (non-hydrogen) atoms. The summed E-state index contributed by atoms with van der Waals surface area (Å²) in [5.74, 6) is 0.0203. The van der Waals surface area contributed by atoms with Crippen molar-refractivity contribution in [3.8, 4) is 0 Å². The molecular formula is C12H18N2O2S. The van der Waals surface area contributed by atoms with Crippen LogP contribution in [0.4, 0.5) is 5.69 Å². The van der Waals surface area contributed by atoms with Gasteiger partial charge in [0, 0.05) is 0 Å². The molecule has 0 spiro atoms. The van der Waals surface area contributed by atoms with Crippen molar-refractivity contribution < 1.29 is 9.53 Å². The predicted molar refractivity (Wildman–Crippen MR) is 70.0 cm³/mol. The van der Waals surface area contributed by atoms with E-state index in [1.165, 1.54) is 11.8 Å². The topological polar surface area (TPSA) is 65.2 Å². The van der Waals surface area contributed by atoms with Crippen molar-refractivity contribution in [2.24, 2.45) is 0 Å². The lowest BCUT2D eigenvalue weighted by molar-refractivity contribution is -0.151. The van der Waals surface area contributed by atoms with Gasteiger partial charge in [0.2, 0.25) is 0 Å². The summed E-state index contributed by atoms with van der Waals surface area (Å²) in [5.41, 5.74) is 6.85. The van der Waals surface area contributed by atoms with Crippen LogP contribution in [-0.2, 0) is 9.53 Å². The number of aryl methyl sites for hydroxylation is 1. The number of esters is 1. The standard InChI is InChI=1S/C12H18N2O2S/c1-8-5-10(14-6-9(8)13)17-7-11(15)16-12(2,3)4/h5-6H,7,13H2,1-4H3. The van der Waals surface area contributed by atoms with E-state index in [4.69, 9.17) is 10.5 Å². The summed E-state index contributed by atoms with van der Waals surface area (Å²) < 4.78 is 5.20. The third kappa shape index (κ3) is 5.08. The smallest absolute Gasteiger partial charge is 0.316 e. The number of pyridine rings is 1. The maximum Gasteiger partial charge on any atom is 0.316 e. The Morgan fingerprint density at radius 2 is 2.18 bits per heavy atom. The number of aromatic nitrogens is 1. The monoisotopic (exact) mass is 254 g/mol. The van der Waals surface area contributed by atoms with Crippen LogP contribution in [0, 0.1) is 6.92 Å². The zero-order valence-corrected chi connectivity index (χ0v) is 11.4. The van der Waals surface area contributed by atoms with Crippen LogP contribution in [0.3, 0.4) is 0 Å². The zero-order valence-electron chi connectivity index (χ0n) is 10.6. The first kappa shape index (κ1) is 13.8. The molecule has 0 saturated heterocycles. The molecular weight excluding hydrogens is 236 g/mol. The zero-order chi connectivity index (χ0) is 13.1. The van der Waals surface area contributed by atoms with Crippen LogP contribution in [0.25, 0.3) is 0 Å². The second-order valence-electron chi connectivity index (χ2n) is 4.75. The second-order valence-corrected chi connectivity index (χ2v) is 5.75. The maximum absolute atomic E-state index is 11.5. The van der Waals surface area contributed by atoms with Crippen molar-refractivity contribution in [2.75, 3.05) is 11.5 Å². The second kappa shape index (κ2) is 5.40. The minimum absolute atomic E-state index is 0.237. The quantitative estimate of drug-likeness (QED) is 0.663. The number of nitrogens with two attached hydrogens (primary N) is 1. The number of rotatable bonds is 3. The first-order valence-corrected chi connectivity index (χ1v) is 6.33. The molecule has 1 aromatic rings. The third-order valence-electron chi connectivity index (χ3n) is 1.88. The van der Waals surface area contributed by atoms with Crippen molar-refractivity contribution in [1.29, 1.82) is 0 Å². The highest BCUT2D eigenvalue weighted by molar-refractivity contribution is 7.99. The van der Waals surface area contributed by atoms with Gasteiger partial charge in [-0.1, -0.05) is 11.8 Å². The molecule has 0 aliphatic rings. The van der Waals surface area contributed by atoms with E-state index in [1.807, 2.05) is 33.8 Å². The largest absolute Gasteiger partial charge is 0.459 e. The summed E-state index contributed by atoms with van der Waals surface area (Å²) in [6, 6.07) is 1.87. The van der Waals surface area contributed by atoms with Crippen molar-refractivity contribution >= 4 is 23.4 Å². The highest BCUT2D eigenvalue weighted by Crippen LogP contribution is 2.20. The summed E-state index contributed by atoms with van der Waals surface area (Å²) in [7, 11) is 0. The van der Waals surface area contributed by atoms with Crippen LogP contribution in [0.5, 0.6) is 0 Å². The molecule has 1 rings (SSSR count). The van der Waals surface area contributed by atoms with E-state index in [2.05, 4.69) is 4.98 Å². The van der Waals surface area contributed by atoms with Gasteiger partial charge < -0.3 is 10.5 Å². The van der Waals surface area contributed by atoms with Crippen molar-refractivity contribution in [2.45, 2.75) is 38.3 Å². The Morgan fingerprint density at radius 3 is 2.71 bits per heavy atom. The van der Waals surface area contributed by atoms with Crippen LogP contribution >= 0.6 is 11.8 Å². The fourth-order valence-corrected chi connectivity index (χ4v) is 1.84. The van der Waals surface area contributed by atoms with E-state index in [1.54, 1.807) is 6.20 Å². The molecule has 4 nitrogen and oxygen atoms in total.